The quantitative estimate of drug-likeness (QED) is 0.884. The molecule has 0 saturated carbocycles. The first-order valence-electron chi connectivity index (χ1n) is 5.58. The zero-order chi connectivity index (χ0) is 13.8. The van der Waals surface area contributed by atoms with Gasteiger partial charge >= 0.3 is 5.97 Å². The Balaban J connectivity index is 2.22. The zero-order valence-corrected chi connectivity index (χ0v) is 11.4. The summed E-state index contributed by atoms with van der Waals surface area (Å²) in [7, 11) is 0. The molecule has 0 aliphatic carbocycles. The molecule has 98 valence electrons. The maximum absolute atomic E-state index is 11.1. The lowest BCUT2D eigenvalue weighted by atomic mass is 10.1. The van der Waals surface area contributed by atoms with Gasteiger partial charge in [-0.15, -0.1) is 0 Å². The molecule has 2 aromatic rings. The normalized spacial score (nSPS) is 10.2. The number of carboxylic acids is 1. The van der Waals surface area contributed by atoms with Crippen LogP contribution >= 0.6 is 23.2 Å². The lowest BCUT2D eigenvalue weighted by Crippen LogP contribution is -2.06. The van der Waals surface area contributed by atoms with Crippen LogP contribution in [-0.2, 0) is 6.54 Å². The molecule has 0 aliphatic rings. The van der Waals surface area contributed by atoms with Gasteiger partial charge in [-0.1, -0.05) is 41.4 Å². The second kappa shape index (κ2) is 5.95. The Morgan fingerprint density at radius 1 is 1.16 bits per heavy atom. The molecule has 0 aliphatic heterocycles. The number of hydrogen-bond acceptors (Lipinski definition) is 2. The predicted octanol–water partition coefficient (Wildman–Crippen LogP) is 4.30. The Morgan fingerprint density at radius 2 is 1.89 bits per heavy atom. The summed E-state index contributed by atoms with van der Waals surface area (Å²) in [5.74, 6) is -1.00. The van der Waals surface area contributed by atoms with E-state index in [0.29, 0.717) is 22.3 Å². The van der Waals surface area contributed by atoms with Crippen molar-refractivity contribution in [3.05, 3.63) is 63.6 Å². The lowest BCUT2D eigenvalue weighted by molar-refractivity contribution is 0.0698. The monoisotopic (exact) mass is 295 g/mol. The summed E-state index contributed by atoms with van der Waals surface area (Å²) in [4.78, 5) is 11.1. The zero-order valence-electron chi connectivity index (χ0n) is 9.86. The third-order valence-electron chi connectivity index (χ3n) is 2.64. The molecule has 0 amide bonds. The summed E-state index contributed by atoms with van der Waals surface area (Å²) < 4.78 is 0. The molecule has 5 heteroatoms. The fourth-order valence-corrected chi connectivity index (χ4v) is 2.06. The average molecular weight is 296 g/mol. The number of carboxylic acid groups (broad SMARTS) is 1. The van der Waals surface area contributed by atoms with E-state index in [1.165, 1.54) is 6.07 Å². The number of halogens is 2. The minimum atomic E-state index is -1.00. The first kappa shape index (κ1) is 13.7. The first-order chi connectivity index (χ1) is 9.08. The van der Waals surface area contributed by atoms with Gasteiger partial charge in [0.05, 0.1) is 11.3 Å². The highest BCUT2D eigenvalue weighted by Gasteiger charge is 2.10. The van der Waals surface area contributed by atoms with Crippen LogP contribution in [0.1, 0.15) is 15.9 Å². The Morgan fingerprint density at radius 3 is 2.58 bits per heavy atom. The van der Waals surface area contributed by atoms with Gasteiger partial charge in [0, 0.05) is 16.6 Å². The SMILES string of the molecule is O=C(O)c1ccc(Cl)cc1NCc1ccccc1Cl. The Bertz CT molecular complexity index is 614. The molecule has 3 nitrogen and oxygen atoms in total. The second-order valence-corrected chi connectivity index (χ2v) is 4.78. The minimum absolute atomic E-state index is 0.177. The molecule has 0 bridgehead atoms. The smallest absolute Gasteiger partial charge is 0.337 e. The Hall–Kier alpha value is -1.71. The van der Waals surface area contributed by atoms with Crippen LogP contribution in [0, 0.1) is 0 Å². The number of anilines is 1. The van der Waals surface area contributed by atoms with Crippen LogP contribution in [0.3, 0.4) is 0 Å². The molecule has 0 fully saturated rings. The van der Waals surface area contributed by atoms with Gasteiger partial charge in [-0.2, -0.15) is 0 Å². The maximum Gasteiger partial charge on any atom is 0.337 e. The van der Waals surface area contributed by atoms with Crippen molar-refractivity contribution in [1.82, 2.24) is 0 Å². The van der Waals surface area contributed by atoms with Gasteiger partial charge in [0.1, 0.15) is 0 Å². The van der Waals surface area contributed by atoms with Crippen molar-refractivity contribution in [3.8, 4) is 0 Å². The first-order valence-corrected chi connectivity index (χ1v) is 6.33. The highest BCUT2D eigenvalue weighted by atomic mass is 35.5. The van der Waals surface area contributed by atoms with Crippen molar-refractivity contribution in [2.24, 2.45) is 0 Å². The summed E-state index contributed by atoms with van der Waals surface area (Å²) in [6.07, 6.45) is 0. The molecular weight excluding hydrogens is 285 g/mol. The predicted molar refractivity (Wildman–Crippen MR) is 77.2 cm³/mol. The van der Waals surface area contributed by atoms with Gasteiger partial charge in [0.15, 0.2) is 0 Å². The molecule has 19 heavy (non-hydrogen) atoms. The largest absolute Gasteiger partial charge is 0.478 e. The van der Waals surface area contributed by atoms with Crippen LogP contribution in [0.15, 0.2) is 42.5 Å². The topological polar surface area (TPSA) is 49.3 Å². The Labute approximate surface area is 120 Å². The summed E-state index contributed by atoms with van der Waals surface area (Å²) in [6, 6.07) is 12.0. The van der Waals surface area contributed by atoms with Crippen molar-refractivity contribution in [3.63, 3.8) is 0 Å². The van der Waals surface area contributed by atoms with Crippen molar-refractivity contribution in [2.75, 3.05) is 5.32 Å². The van der Waals surface area contributed by atoms with E-state index in [2.05, 4.69) is 5.32 Å². The lowest BCUT2D eigenvalue weighted by Gasteiger charge is -2.11. The molecule has 0 spiro atoms. The van der Waals surface area contributed by atoms with E-state index in [-0.39, 0.29) is 5.56 Å². The third-order valence-corrected chi connectivity index (χ3v) is 3.24. The van der Waals surface area contributed by atoms with Gasteiger partial charge < -0.3 is 10.4 Å². The molecule has 0 aromatic heterocycles. The minimum Gasteiger partial charge on any atom is -0.478 e. The van der Waals surface area contributed by atoms with Gasteiger partial charge in [0.2, 0.25) is 0 Å². The molecule has 0 heterocycles. The number of benzene rings is 2. The van der Waals surface area contributed by atoms with Crippen LogP contribution in [0.2, 0.25) is 10.0 Å². The van der Waals surface area contributed by atoms with Crippen LogP contribution in [0.5, 0.6) is 0 Å². The van der Waals surface area contributed by atoms with Crippen molar-refractivity contribution >= 4 is 34.9 Å². The molecule has 0 saturated heterocycles. The standard InChI is InChI=1S/C14H11Cl2NO2/c15-10-5-6-11(14(18)19)13(7-10)17-8-9-3-1-2-4-12(9)16/h1-7,17H,8H2,(H,18,19). The molecule has 0 radical (unpaired) electrons. The van der Waals surface area contributed by atoms with E-state index in [4.69, 9.17) is 28.3 Å². The summed E-state index contributed by atoms with van der Waals surface area (Å²) in [6.45, 7) is 0.431. The Kier molecular flexibility index (Phi) is 4.30. The third kappa shape index (κ3) is 3.40. The number of hydrogen-bond donors (Lipinski definition) is 2. The van der Waals surface area contributed by atoms with E-state index >= 15 is 0 Å². The van der Waals surface area contributed by atoms with Gasteiger partial charge in [-0.25, -0.2) is 4.79 Å². The summed E-state index contributed by atoms with van der Waals surface area (Å²) in [5, 5.41) is 13.3. The van der Waals surface area contributed by atoms with Crippen LogP contribution in [-0.4, -0.2) is 11.1 Å². The highest BCUT2D eigenvalue weighted by Crippen LogP contribution is 2.23. The fraction of sp³-hybridized carbons (Fsp3) is 0.0714. The van der Waals surface area contributed by atoms with Crippen LogP contribution < -0.4 is 5.32 Å². The number of rotatable bonds is 4. The molecule has 2 N–H and O–H groups in total. The molecule has 2 rings (SSSR count). The average Bonchev–Trinajstić information content (AvgIpc) is 2.37. The fourth-order valence-electron chi connectivity index (χ4n) is 1.68. The van der Waals surface area contributed by atoms with Crippen LogP contribution in [0.25, 0.3) is 0 Å². The van der Waals surface area contributed by atoms with Crippen molar-refractivity contribution < 1.29 is 9.90 Å². The van der Waals surface area contributed by atoms with E-state index in [0.717, 1.165) is 5.56 Å². The van der Waals surface area contributed by atoms with E-state index in [1.54, 1.807) is 18.2 Å². The van der Waals surface area contributed by atoms with E-state index < -0.39 is 5.97 Å². The summed E-state index contributed by atoms with van der Waals surface area (Å²) in [5.41, 5.74) is 1.54. The molecule has 0 unspecified atom stereocenters. The molecule has 0 atom stereocenters. The second-order valence-electron chi connectivity index (χ2n) is 3.94. The van der Waals surface area contributed by atoms with Crippen LogP contribution in [0.4, 0.5) is 5.69 Å². The van der Waals surface area contributed by atoms with E-state index in [9.17, 15) is 4.79 Å². The number of carbonyl (C=O) groups is 1. The van der Waals surface area contributed by atoms with Gasteiger partial charge in [-0.3, -0.25) is 0 Å². The maximum atomic E-state index is 11.1. The van der Waals surface area contributed by atoms with Gasteiger partial charge in [-0.05, 0) is 29.8 Å². The van der Waals surface area contributed by atoms with Crippen molar-refractivity contribution in [2.45, 2.75) is 6.54 Å². The number of aromatic carboxylic acids is 1. The van der Waals surface area contributed by atoms with Crippen molar-refractivity contribution in [1.29, 1.82) is 0 Å². The molecular formula is C14H11Cl2NO2. The van der Waals surface area contributed by atoms with E-state index in [1.807, 2.05) is 18.2 Å². The molecule has 2 aromatic carbocycles. The highest BCUT2D eigenvalue weighted by molar-refractivity contribution is 6.31. The number of nitrogens with one attached hydrogen (secondary N) is 1. The summed E-state index contributed by atoms with van der Waals surface area (Å²) >= 11 is 11.9. The van der Waals surface area contributed by atoms with Gasteiger partial charge in [0.25, 0.3) is 0 Å².